The molecular weight excluding hydrogens is 394 g/mol. The average molecular weight is 414 g/mol. The van der Waals surface area contributed by atoms with E-state index in [1.807, 2.05) is 29.8 Å². The van der Waals surface area contributed by atoms with Gasteiger partial charge in [0, 0.05) is 48.6 Å². The number of carbonyl (C=O) groups is 2. The van der Waals surface area contributed by atoms with Gasteiger partial charge in [-0.05, 0) is 25.5 Å². The SMILES string of the molecule is Cc1cc2n(n1)CCCN2C(=O)CCC(=O)Nc1cc(-c2ccc(Cl)cc2)no1. The fourth-order valence-electron chi connectivity index (χ4n) is 3.31. The first kappa shape index (κ1) is 19.2. The number of benzene rings is 1. The van der Waals surface area contributed by atoms with Crippen molar-refractivity contribution in [1.29, 1.82) is 0 Å². The summed E-state index contributed by atoms with van der Waals surface area (Å²) in [6.07, 6.45) is 1.01. The van der Waals surface area contributed by atoms with Gasteiger partial charge in [-0.3, -0.25) is 19.8 Å². The summed E-state index contributed by atoms with van der Waals surface area (Å²) in [5.41, 5.74) is 2.29. The summed E-state index contributed by atoms with van der Waals surface area (Å²) in [5, 5.41) is 11.6. The highest BCUT2D eigenvalue weighted by molar-refractivity contribution is 6.30. The van der Waals surface area contributed by atoms with E-state index in [0.717, 1.165) is 30.0 Å². The average Bonchev–Trinajstić information content (AvgIpc) is 3.32. The molecule has 3 aromatic rings. The lowest BCUT2D eigenvalue weighted by Gasteiger charge is -2.27. The Morgan fingerprint density at radius 1 is 1.17 bits per heavy atom. The Balaban J connectivity index is 1.33. The molecule has 0 aliphatic carbocycles. The molecule has 0 saturated heterocycles. The number of halogens is 1. The van der Waals surface area contributed by atoms with Gasteiger partial charge in [-0.25, -0.2) is 4.68 Å². The maximum absolute atomic E-state index is 12.6. The number of nitrogens with one attached hydrogen (secondary N) is 1. The summed E-state index contributed by atoms with van der Waals surface area (Å²) in [7, 11) is 0. The van der Waals surface area contributed by atoms with Crippen LogP contribution in [0, 0.1) is 6.92 Å². The number of amides is 2. The standard InChI is InChI=1S/C20H20ClN5O3/c1-13-11-19-25(9-2-10-26(19)23-13)20(28)8-7-17(27)22-18-12-16(24-29-18)14-3-5-15(21)6-4-14/h3-6,11-12H,2,7-10H2,1H3,(H,22,27). The fourth-order valence-corrected chi connectivity index (χ4v) is 3.43. The lowest BCUT2D eigenvalue weighted by atomic mass is 10.1. The van der Waals surface area contributed by atoms with Gasteiger partial charge in [0.1, 0.15) is 11.5 Å². The number of aromatic nitrogens is 3. The minimum atomic E-state index is -0.307. The van der Waals surface area contributed by atoms with Crippen LogP contribution in [0.2, 0.25) is 5.02 Å². The zero-order chi connectivity index (χ0) is 20.4. The van der Waals surface area contributed by atoms with Crippen molar-refractivity contribution >= 4 is 35.1 Å². The first-order valence-electron chi connectivity index (χ1n) is 9.37. The summed E-state index contributed by atoms with van der Waals surface area (Å²) in [4.78, 5) is 26.5. The van der Waals surface area contributed by atoms with Crippen LogP contribution >= 0.6 is 11.6 Å². The molecule has 1 aliphatic heterocycles. The van der Waals surface area contributed by atoms with Gasteiger partial charge in [-0.15, -0.1) is 0 Å². The van der Waals surface area contributed by atoms with Crippen LogP contribution in [-0.2, 0) is 16.1 Å². The zero-order valence-electron chi connectivity index (χ0n) is 15.9. The molecule has 150 valence electrons. The molecule has 1 aliphatic rings. The lowest BCUT2D eigenvalue weighted by Crippen LogP contribution is -2.37. The Bertz CT molecular complexity index is 1040. The van der Waals surface area contributed by atoms with Crippen molar-refractivity contribution in [3.05, 3.63) is 47.1 Å². The summed E-state index contributed by atoms with van der Waals surface area (Å²) in [6.45, 7) is 3.34. The second-order valence-corrected chi connectivity index (χ2v) is 7.33. The van der Waals surface area contributed by atoms with Gasteiger partial charge in [0.05, 0.1) is 5.69 Å². The van der Waals surface area contributed by atoms with E-state index in [0.29, 0.717) is 17.3 Å². The fraction of sp³-hybridized carbons (Fsp3) is 0.300. The van der Waals surface area contributed by atoms with Crippen LogP contribution in [0.5, 0.6) is 0 Å². The van der Waals surface area contributed by atoms with Crippen LogP contribution in [0.4, 0.5) is 11.7 Å². The Morgan fingerprint density at radius 2 is 1.97 bits per heavy atom. The quantitative estimate of drug-likeness (QED) is 0.689. The highest BCUT2D eigenvalue weighted by atomic mass is 35.5. The van der Waals surface area contributed by atoms with E-state index in [2.05, 4.69) is 15.6 Å². The molecule has 0 atom stereocenters. The van der Waals surface area contributed by atoms with Gasteiger partial charge < -0.3 is 4.52 Å². The lowest BCUT2D eigenvalue weighted by molar-refractivity contribution is -0.122. The topological polar surface area (TPSA) is 93.3 Å². The van der Waals surface area contributed by atoms with Crippen LogP contribution in [-0.4, -0.2) is 33.3 Å². The van der Waals surface area contributed by atoms with Crippen LogP contribution in [0.25, 0.3) is 11.3 Å². The van der Waals surface area contributed by atoms with E-state index in [1.165, 1.54) is 0 Å². The molecule has 3 heterocycles. The molecule has 0 bridgehead atoms. The van der Waals surface area contributed by atoms with E-state index >= 15 is 0 Å². The molecule has 9 heteroatoms. The molecule has 0 radical (unpaired) electrons. The molecule has 4 rings (SSSR count). The monoisotopic (exact) mass is 413 g/mol. The number of hydrogen-bond acceptors (Lipinski definition) is 5. The normalized spacial score (nSPS) is 13.2. The molecule has 0 spiro atoms. The number of hydrogen-bond donors (Lipinski definition) is 1. The largest absolute Gasteiger partial charge is 0.338 e. The molecular formula is C20H20ClN5O3. The molecule has 1 aromatic carbocycles. The summed E-state index contributed by atoms with van der Waals surface area (Å²) in [6, 6.07) is 10.7. The molecule has 29 heavy (non-hydrogen) atoms. The van der Waals surface area contributed by atoms with E-state index < -0.39 is 0 Å². The molecule has 1 N–H and O–H groups in total. The molecule has 0 unspecified atom stereocenters. The first-order chi connectivity index (χ1) is 14.0. The van der Waals surface area contributed by atoms with Crippen molar-refractivity contribution in [3.63, 3.8) is 0 Å². The van der Waals surface area contributed by atoms with Crippen molar-refractivity contribution in [1.82, 2.24) is 14.9 Å². The van der Waals surface area contributed by atoms with Crippen LogP contribution in [0.3, 0.4) is 0 Å². The van der Waals surface area contributed by atoms with E-state index in [4.69, 9.17) is 16.1 Å². The highest BCUT2D eigenvalue weighted by Gasteiger charge is 2.24. The van der Waals surface area contributed by atoms with Crippen LogP contribution in [0.15, 0.2) is 40.9 Å². The second kappa shape index (κ2) is 8.08. The molecule has 2 amide bonds. The number of nitrogens with zero attached hydrogens (tertiary/aromatic N) is 4. The molecule has 0 saturated carbocycles. The minimum absolute atomic E-state index is 0.0550. The Hall–Kier alpha value is -3.13. The van der Waals surface area contributed by atoms with Gasteiger partial charge in [0.15, 0.2) is 0 Å². The smallest absolute Gasteiger partial charge is 0.231 e. The van der Waals surface area contributed by atoms with E-state index in [9.17, 15) is 9.59 Å². The van der Waals surface area contributed by atoms with Crippen molar-refractivity contribution in [3.8, 4) is 11.3 Å². The van der Waals surface area contributed by atoms with Gasteiger partial charge in [-0.1, -0.05) is 28.9 Å². The number of fused-ring (bicyclic) bond motifs is 1. The van der Waals surface area contributed by atoms with Gasteiger partial charge in [0.25, 0.3) is 0 Å². The zero-order valence-corrected chi connectivity index (χ0v) is 16.6. The molecule has 2 aromatic heterocycles. The predicted molar refractivity (Wildman–Crippen MR) is 109 cm³/mol. The number of anilines is 2. The van der Waals surface area contributed by atoms with Crippen molar-refractivity contribution in [2.45, 2.75) is 32.7 Å². The Morgan fingerprint density at radius 3 is 2.76 bits per heavy atom. The highest BCUT2D eigenvalue weighted by Crippen LogP contribution is 2.24. The Kier molecular flexibility index (Phi) is 5.35. The third-order valence-corrected chi connectivity index (χ3v) is 4.94. The van der Waals surface area contributed by atoms with Crippen molar-refractivity contribution in [2.75, 3.05) is 16.8 Å². The molecule has 0 fully saturated rings. The van der Waals surface area contributed by atoms with Gasteiger partial charge in [-0.2, -0.15) is 5.10 Å². The summed E-state index contributed by atoms with van der Waals surface area (Å²) in [5.74, 6) is 0.625. The van der Waals surface area contributed by atoms with Crippen LogP contribution < -0.4 is 10.2 Å². The predicted octanol–water partition coefficient (Wildman–Crippen LogP) is 3.66. The third-order valence-electron chi connectivity index (χ3n) is 4.69. The van der Waals surface area contributed by atoms with Crippen molar-refractivity contribution in [2.24, 2.45) is 0 Å². The number of rotatable bonds is 5. The van der Waals surface area contributed by atoms with Crippen LogP contribution in [0.1, 0.15) is 25.0 Å². The number of carbonyl (C=O) groups excluding carboxylic acids is 2. The molecule has 8 nitrogen and oxygen atoms in total. The third kappa shape index (κ3) is 4.32. The maximum atomic E-state index is 12.6. The first-order valence-corrected chi connectivity index (χ1v) is 9.75. The maximum Gasteiger partial charge on any atom is 0.231 e. The minimum Gasteiger partial charge on any atom is -0.338 e. The second-order valence-electron chi connectivity index (χ2n) is 6.90. The van der Waals surface area contributed by atoms with E-state index in [-0.39, 0.29) is 30.5 Å². The van der Waals surface area contributed by atoms with E-state index in [1.54, 1.807) is 23.1 Å². The van der Waals surface area contributed by atoms with Crippen molar-refractivity contribution < 1.29 is 14.1 Å². The number of aryl methyl sites for hydroxylation is 2. The van der Waals surface area contributed by atoms with Gasteiger partial charge in [0.2, 0.25) is 17.7 Å². The van der Waals surface area contributed by atoms with Gasteiger partial charge >= 0.3 is 0 Å². The summed E-state index contributed by atoms with van der Waals surface area (Å²) >= 11 is 5.88. The Labute approximate surface area is 172 Å². The summed E-state index contributed by atoms with van der Waals surface area (Å²) < 4.78 is 7.01.